The molecule has 0 radical (unpaired) electrons. The Morgan fingerprint density at radius 2 is 2.00 bits per heavy atom. The summed E-state index contributed by atoms with van der Waals surface area (Å²) >= 11 is 0. The third-order valence-corrected chi connectivity index (χ3v) is 4.45. The van der Waals surface area contributed by atoms with Crippen molar-refractivity contribution in [3.8, 4) is 0 Å². The number of nitrogens with zero attached hydrogens (tertiary/aromatic N) is 1. The van der Waals surface area contributed by atoms with Gasteiger partial charge in [0.05, 0.1) is 0 Å². The second kappa shape index (κ2) is 7.43. The number of hydrogen-bond donors (Lipinski definition) is 2. The second-order valence-corrected chi connectivity index (χ2v) is 6.17. The number of nitrogens with one attached hydrogen (secondary N) is 2. The monoisotopic (exact) mass is 289 g/mol. The summed E-state index contributed by atoms with van der Waals surface area (Å²) in [5.41, 5.74) is 1.65. The largest absolute Gasteiger partial charge is 0.373 e. The smallest absolute Gasteiger partial charge is 0.251 e. The molecule has 0 unspecified atom stereocenters. The first-order valence-electron chi connectivity index (χ1n) is 8.09. The molecular formula is C17H27N3O. The Bertz CT molecular complexity index is 457. The van der Waals surface area contributed by atoms with Crippen LogP contribution in [0.25, 0.3) is 0 Å². The van der Waals surface area contributed by atoms with Gasteiger partial charge in [-0.15, -0.1) is 0 Å². The molecule has 0 spiro atoms. The number of anilines is 1. The van der Waals surface area contributed by atoms with Gasteiger partial charge in [-0.05, 0) is 43.2 Å². The van der Waals surface area contributed by atoms with Gasteiger partial charge >= 0.3 is 0 Å². The molecule has 0 bridgehead atoms. The number of rotatable bonds is 5. The lowest BCUT2D eigenvalue weighted by Crippen LogP contribution is -2.31. The van der Waals surface area contributed by atoms with Gasteiger partial charge in [-0.3, -0.25) is 4.79 Å². The number of aryl methyl sites for hydroxylation is 1. The molecule has 0 aliphatic heterocycles. The van der Waals surface area contributed by atoms with E-state index >= 15 is 0 Å². The van der Waals surface area contributed by atoms with E-state index in [2.05, 4.69) is 22.5 Å². The van der Waals surface area contributed by atoms with Gasteiger partial charge in [-0.1, -0.05) is 26.7 Å². The van der Waals surface area contributed by atoms with Crippen LogP contribution in [0.1, 0.15) is 55.6 Å². The number of pyridine rings is 1. The maximum Gasteiger partial charge on any atom is 0.251 e. The molecule has 1 aromatic heterocycles. The van der Waals surface area contributed by atoms with E-state index in [-0.39, 0.29) is 5.91 Å². The SMILES string of the molecule is CCc1cc(C(=O)NCC2CCC(C)CC2)cc(NC)n1. The molecule has 1 aliphatic carbocycles. The number of carbonyl (C=O) groups excluding carboxylic acids is 1. The molecule has 1 aromatic rings. The summed E-state index contributed by atoms with van der Waals surface area (Å²) in [7, 11) is 1.83. The molecule has 0 atom stereocenters. The van der Waals surface area contributed by atoms with E-state index < -0.39 is 0 Å². The molecule has 1 saturated carbocycles. The Labute approximate surface area is 127 Å². The first kappa shape index (κ1) is 15.8. The van der Waals surface area contributed by atoms with E-state index in [1.165, 1.54) is 25.7 Å². The lowest BCUT2D eigenvalue weighted by Gasteiger charge is -2.26. The topological polar surface area (TPSA) is 54.0 Å². The minimum atomic E-state index is 0.0159. The molecule has 1 amide bonds. The van der Waals surface area contributed by atoms with Gasteiger partial charge in [-0.25, -0.2) is 4.98 Å². The Morgan fingerprint density at radius 3 is 2.62 bits per heavy atom. The Kier molecular flexibility index (Phi) is 5.59. The van der Waals surface area contributed by atoms with Gasteiger partial charge in [0.2, 0.25) is 0 Å². The Morgan fingerprint density at radius 1 is 1.29 bits per heavy atom. The summed E-state index contributed by atoms with van der Waals surface area (Å²) in [6.45, 7) is 5.16. The van der Waals surface area contributed by atoms with Crippen LogP contribution in [0.3, 0.4) is 0 Å². The maximum atomic E-state index is 12.3. The zero-order chi connectivity index (χ0) is 15.2. The maximum absolute atomic E-state index is 12.3. The van der Waals surface area contributed by atoms with Crippen molar-refractivity contribution >= 4 is 11.7 Å². The number of amides is 1. The fourth-order valence-corrected chi connectivity index (χ4v) is 2.90. The van der Waals surface area contributed by atoms with Crippen LogP contribution in [0.5, 0.6) is 0 Å². The highest BCUT2D eigenvalue weighted by Gasteiger charge is 2.19. The molecular weight excluding hydrogens is 262 g/mol. The lowest BCUT2D eigenvalue weighted by atomic mass is 9.83. The van der Waals surface area contributed by atoms with E-state index in [0.29, 0.717) is 11.5 Å². The molecule has 1 fully saturated rings. The van der Waals surface area contributed by atoms with Crippen LogP contribution in [-0.2, 0) is 6.42 Å². The second-order valence-electron chi connectivity index (χ2n) is 6.17. The first-order valence-corrected chi connectivity index (χ1v) is 8.09. The van der Waals surface area contributed by atoms with Crippen molar-refractivity contribution in [1.29, 1.82) is 0 Å². The van der Waals surface area contributed by atoms with Crippen LogP contribution in [0.2, 0.25) is 0 Å². The summed E-state index contributed by atoms with van der Waals surface area (Å²) < 4.78 is 0. The molecule has 21 heavy (non-hydrogen) atoms. The van der Waals surface area contributed by atoms with Crippen molar-refractivity contribution in [2.24, 2.45) is 11.8 Å². The van der Waals surface area contributed by atoms with Crippen molar-refractivity contribution in [1.82, 2.24) is 10.3 Å². The summed E-state index contributed by atoms with van der Waals surface area (Å²) in [6.07, 6.45) is 5.88. The van der Waals surface area contributed by atoms with E-state index in [1.807, 2.05) is 26.1 Å². The predicted octanol–water partition coefficient (Wildman–Crippen LogP) is 3.24. The molecule has 0 aromatic carbocycles. The van der Waals surface area contributed by atoms with E-state index in [0.717, 1.165) is 30.4 Å². The summed E-state index contributed by atoms with van der Waals surface area (Å²) in [6, 6.07) is 3.70. The molecule has 1 heterocycles. The Balaban J connectivity index is 1.93. The third kappa shape index (κ3) is 4.45. The third-order valence-electron chi connectivity index (χ3n) is 4.45. The number of aromatic nitrogens is 1. The lowest BCUT2D eigenvalue weighted by molar-refractivity contribution is 0.0941. The zero-order valence-electron chi connectivity index (χ0n) is 13.4. The van der Waals surface area contributed by atoms with E-state index in [4.69, 9.17) is 0 Å². The standard InChI is InChI=1S/C17H27N3O/c1-4-15-9-14(10-16(18-3)20-15)17(21)19-11-13-7-5-12(2)6-8-13/h9-10,12-13H,4-8,11H2,1-3H3,(H,18,20)(H,19,21). The normalized spacial score (nSPS) is 21.9. The summed E-state index contributed by atoms with van der Waals surface area (Å²) in [5, 5.41) is 6.11. The molecule has 116 valence electrons. The zero-order valence-corrected chi connectivity index (χ0v) is 13.4. The van der Waals surface area contributed by atoms with Crippen molar-refractivity contribution in [2.75, 3.05) is 18.9 Å². The van der Waals surface area contributed by atoms with Gasteiger partial charge in [0.1, 0.15) is 5.82 Å². The van der Waals surface area contributed by atoms with Crippen molar-refractivity contribution in [3.05, 3.63) is 23.4 Å². The molecule has 2 N–H and O–H groups in total. The first-order chi connectivity index (χ1) is 10.1. The quantitative estimate of drug-likeness (QED) is 0.875. The highest BCUT2D eigenvalue weighted by Crippen LogP contribution is 2.27. The summed E-state index contributed by atoms with van der Waals surface area (Å²) in [4.78, 5) is 16.7. The van der Waals surface area contributed by atoms with Crippen LogP contribution in [0.15, 0.2) is 12.1 Å². The Hall–Kier alpha value is -1.58. The van der Waals surface area contributed by atoms with Crippen LogP contribution < -0.4 is 10.6 Å². The average molecular weight is 289 g/mol. The average Bonchev–Trinajstić information content (AvgIpc) is 2.53. The van der Waals surface area contributed by atoms with Crippen LogP contribution in [0, 0.1) is 11.8 Å². The summed E-state index contributed by atoms with van der Waals surface area (Å²) in [5.74, 6) is 2.26. The fourth-order valence-electron chi connectivity index (χ4n) is 2.90. The van der Waals surface area contributed by atoms with Gasteiger partial charge in [0, 0.05) is 24.8 Å². The van der Waals surface area contributed by atoms with Gasteiger partial charge in [-0.2, -0.15) is 0 Å². The van der Waals surface area contributed by atoms with E-state index in [1.54, 1.807) is 0 Å². The van der Waals surface area contributed by atoms with Crippen molar-refractivity contribution in [3.63, 3.8) is 0 Å². The fraction of sp³-hybridized carbons (Fsp3) is 0.647. The van der Waals surface area contributed by atoms with Crippen LogP contribution >= 0.6 is 0 Å². The molecule has 0 saturated heterocycles. The molecule has 2 rings (SSSR count). The number of carbonyl (C=O) groups is 1. The highest BCUT2D eigenvalue weighted by atomic mass is 16.1. The van der Waals surface area contributed by atoms with Crippen LogP contribution in [-0.4, -0.2) is 24.5 Å². The van der Waals surface area contributed by atoms with E-state index in [9.17, 15) is 4.79 Å². The van der Waals surface area contributed by atoms with Crippen molar-refractivity contribution in [2.45, 2.75) is 46.0 Å². The number of hydrogen-bond acceptors (Lipinski definition) is 3. The highest BCUT2D eigenvalue weighted by molar-refractivity contribution is 5.95. The van der Waals surface area contributed by atoms with Gasteiger partial charge < -0.3 is 10.6 Å². The predicted molar refractivity (Wildman–Crippen MR) is 86.6 cm³/mol. The van der Waals surface area contributed by atoms with Crippen molar-refractivity contribution < 1.29 is 4.79 Å². The minimum Gasteiger partial charge on any atom is -0.373 e. The minimum absolute atomic E-state index is 0.0159. The van der Waals surface area contributed by atoms with Gasteiger partial charge in [0.15, 0.2) is 0 Å². The van der Waals surface area contributed by atoms with Gasteiger partial charge in [0.25, 0.3) is 5.91 Å². The molecule has 1 aliphatic rings. The molecule has 4 heteroatoms. The van der Waals surface area contributed by atoms with Crippen LogP contribution in [0.4, 0.5) is 5.82 Å². The molecule has 4 nitrogen and oxygen atoms in total.